The molecule has 2 fully saturated rings. The molecule has 0 radical (unpaired) electrons. The smallest absolute Gasteiger partial charge is 0.391 e. The molecule has 1 aliphatic carbocycles. The van der Waals surface area contributed by atoms with Gasteiger partial charge in [0.05, 0.1) is 11.8 Å². The van der Waals surface area contributed by atoms with Crippen molar-refractivity contribution in [2.24, 2.45) is 17.8 Å². The van der Waals surface area contributed by atoms with E-state index in [2.05, 4.69) is 4.90 Å². The molecule has 3 nitrogen and oxygen atoms in total. The van der Waals surface area contributed by atoms with E-state index in [1.165, 1.54) is 0 Å². The van der Waals surface area contributed by atoms with E-state index in [4.69, 9.17) is 5.11 Å². The molecule has 110 valence electrons. The number of nitrogens with zero attached hydrogens (tertiary/aromatic N) is 1. The van der Waals surface area contributed by atoms with Gasteiger partial charge in [0.2, 0.25) is 0 Å². The second kappa shape index (κ2) is 5.31. The van der Waals surface area contributed by atoms with Crippen molar-refractivity contribution in [3.63, 3.8) is 0 Å². The van der Waals surface area contributed by atoms with Crippen molar-refractivity contribution in [3.8, 4) is 0 Å². The van der Waals surface area contributed by atoms with Crippen molar-refractivity contribution in [3.05, 3.63) is 0 Å². The number of halogens is 3. The Morgan fingerprint density at radius 3 is 2.16 bits per heavy atom. The first-order valence-electron chi connectivity index (χ1n) is 6.82. The zero-order valence-electron chi connectivity index (χ0n) is 11.0. The second-order valence-electron chi connectivity index (χ2n) is 5.92. The Morgan fingerprint density at radius 1 is 1.16 bits per heavy atom. The molecule has 0 spiro atoms. The lowest BCUT2D eigenvalue weighted by Crippen LogP contribution is -2.39. The van der Waals surface area contributed by atoms with Crippen molar-refractivity contribution in [1.82, 2.24) is 4.90 Å². The highest BCUT2D eigenvalue weighted by Crippen LogP contribution is 2.40. The largest absolute Gasteiger partial charge is 0.481 e. The lowest BCUT2D eigenvalue weighted by atomic mass is 9.85. The average molecular weight is 279 g/mol. The van der Waals surface area contributed by atoms with E-state index in [9.17, 15) is 18.0 Å². The molecule has 1 saturated heterocycles. The van der Waals surface area contributed by atoms with Gasteiger partial charge in [-0.3, -0.25) is 9.69 Å². The number of hydrogen-bond donors (Lipinski definition) is 1. The molecule has 0 amide bonds. The third-order valence-corrected chi connectivity index (χ3v) is 4.63. The Labute approximate surface area is 110 Å². The zero-order valence-corrected chi connectivity index (χ0v) is 11.0. The van der Waals surface area contributed by atoms with Crippen LogP contribution in [0.1, 0.15) is 32.6 Å². The number of aliphatic carboxylic acids is 1. The first-order chi connectivity index (χ1) is 8.79. The third kappa shape index (κ3) is 3.22. The molecule has 0 aromatic rings. The number of carbonyl (C=O) groups is 1. The van der Waals surface area contributed by atoms with E-state index < -0.39 is 18.1 Å². The van der Waals surface area contributed by atoms with Crippen LogP contribution >= 0.6 is 0 Å². The van der Waals surface area contributed by atoms with Gasteiger partial charge in [0.25, 0.3) is 0 Å². The van der Waals surface area contributed by atoms with Crippen molar-refractivity contribution >= 4 is 5.97 Å². The highest BCUT2D eigenvalue weighted by Gasteiger charge is 2.44. The standard InChI is InChI=1S/C13H20F3NO2/c1-8-6-17(7-11(8)12(18)19)10-4-2-9(3-5-10)13(14,15)16/h8-11H,2-7H2,1H3,(H,18,19)/t8-,9?,10?,11-/m1/s1. The summed E-state index contributed by atoms with van der Waals surface area (Å²) >= 11 is 0. The highest BCUT2D eigenvalue weighted by molar-refractivity contribution is 5.71. The third-order valence-electron chi connectivity index (χ3n) is 4.63. The normalized spacial score (nSPS) is 37.5. The van der Waals surface area contributed by atoms with E-state index >= 15 is 0 Å². The van der Waals surface area contributed by atoms with Crippen LogP contribution in [-0.4, -0.2) is 41.3 Å². The van der Waals surface area contributed by atoms with Gasteiger partial charge in [-0.2, -0.15) is 13.2 Å². The van der Waals surface area contributed by atoms with Crippen LogP contribution in [0.15, 0.2) is 0 Å². The van der Waals surface area contributed by atoms with Crippen LogP contribution in [0.3, 0.4) is 0 Å². The summed E-state index contributed by atoms with van der Waals surface area (Å²) < 4.78 is 37.8. The summed E-state index contributed by atoms with van der Waals surface area (Å²) in [6.07, 6.45) is -2.66. The van der Waals surface area contributed by atoms with Gasteiger partial charge >= 0.3 is 12.1 Å². The first kappa shape index (κ1) is 14.6. The topological polar surface area (TPSA) is 40.5 Å². The highest BCUT2D eigenvalue weighted by atomic mass is 19.4. The summed E-state index contributed by atoms with van der Waals surface area (Å²) in [5, 5.41) is 9.07. The zero-order chi connectivity index (χ0) is 14.2. The fourth-order valence-corrected chi connectivity index (χ4v) is 3.39. The van der Waals surface area contributed by atoms with Crippen LogP contribution in [0, 0.1) is 17.8 Å². The predicted molar refractivity (Wildman–Crippen MR) is 63.7 cm³/mol. The molecule has 2 atom stereocenters. The molecule has 0 bridgehead atoms. The van der Waals surface area contributed by atoms with Crippen molar-refractivity contribution in [2.45, 2.75) is 44.8 Å². The quantitative estimate of drug-likeness (QED) is 0.845. The monoisotopic (exact) mass is 279 g/mol. The van der Waals surface area contributed by atoms with Crippen molar-refractivity contribution in [1.29, 1.82) is 0 Å². The molecule has 19 heavy (non-hydrogen) atoms. The molecule has 1 N–H and O–H groups in total. The minimum atomic E-state index is -4.08. The number of hydrogen-bond acceptors (Lipinski definition) is 2. The number of carboxylic acid groups (broad SMARTS) is 1. The van der Waals surface area contributed by atoms with Crippen molar-refractivity contribution < 1.29 is 23.1 Å². The lowest BCUT2D eigenvalue weighted by Gasteiger charge is -2.35. The SMILES string of the molecule is C[C@@H]1CN(C2CCC(C(F)(F)F)CC2)C[C@H]1C(=O)O. The molecule has 1 aliphatic heterocycles. The molecule has 0 unspecified atom stereocenters. The van der Waals surface area contributed by atoms with Gasteiger partial charge < -0.3 is 5.11 Å². The Bertz CT molecular complexity index is 337. The Hall–Kier alpha value is -0.780. The minimum Gasteiger partial charge on any atom is -0.481 e. The maximum atomic E-state index is 12.6. The van der Waals surface area contributed by atoms with Gasteiger partial charge in [-0.1, -0.05) is 6.92 Å². The van der Waals surface area contributed by atoms with Crippen LogP contribution in [0.2, 0.25) is 0 Å². The number of alkyl halides is 3. The fraction of sp³-hybridized carbons (Fsp3) is 0.923. The van der Waals surface area contributed by atoms with Gasteiger partial charge in [-0.25, -0.2) is 0 Å². The summed E-state index contributed by atoms with van der Waals surface area (Å²) in [7, 11) is 0. The van der Waals surface area contributed by atoms with E-state index in [1.54, 1.807) is 0 Å². The fourth-order valence-electron chi connectivity index (χ4n) is 3.39. The maximum Gasteiger partial charge on any atom is 0.391 e. The van der Waals surface area contributed by atoms with E-state index in [0.717, 1.165) is 0 Å². The maximum absolute atomic E-state index is 12.6. The van der Waals surface area contributed by atoms with Gasteiger partial charge in [0, 0.05) is 19.1 Å². The van der Waals surface area contributed by atoms with Crippen LogP contribution < -0.4 is 0 Å². The van der Waals surface area contributed by atoms with Crippen LogP contribution in [0.5, 0.6) is 0 Å². The summed E-state index contributed by atoms with van der Waals surface area (Å²) in [6.45, 7) is 3.08. The Balaban J connectivity index is 1.88. The summed E-state index contributed by atoms with van der Waals surface area (Å²) in [4.78, 5) is 13.1. The Kier molecular flexibility index (Phi) is 4.08. The predicted octanol–water partition coefficient (Wildman–Crippen LogP) is 2.76. The second-order valence-corrected chi connectivity index (χ2v) is 5.92. The van der Waals surface area contributed by atoms with Gasteiger partial charge in [0.15, 0.2) is 0 Å². The molecular formula is C13H20F3NO2. The molecule has 2 aliphatic rings. The molecule has 2 rings (SSSR count). The van der Waals surface area contributed by atoms with E-state index in [0.29, 0.717) is 25.9 Å². The van der Waals surface area contributed by atoms with E-state index in [1.807, 2.05) is 6.92 Å². The first-order valence-corrected chi connectivity index (χ1v) is 6.82. The molecule has 0 aromatic heterocycles. The molecular weight excluding hydrogens is 259 g/mol. The average Bonchev–Trinajstić information content (AvgIpc) is 2.70. The van der Waals surface area contributed by atoms with Crippen LogP contribution in [-0.2, 0) is 4.79 Å². The van der Waals surface area contributed by atoms with Crippen LogP contribution in [0.4, 0.5) is 13.2 Å². The van der Waals surface area contributed by atoms with E-state index in [-0.39, 0.29) is 30.7 Å². The summed E-state index contributed by atoms with van der Waals surface area (Å²) in [5.41, 5.74) is 0. The number of carboxylic acids is 1. The van der Waals surface area contributed by atoms with Gasteiger partial charge in [-0.15, -0.1) is 0 Å². The molecule has 6 heteroatoms. The Morgan fingerprint density at radius 2 is 1.74 bits per heavy atom. The molecule has 1 saturated carbocycles. The molecule has 1 heterocycles. The summed E-state index contributed by atoms with van der Waals surface area (Å²) in [6, 6.07) is 0.130. The summed E-state index contributed by atoms with van der Waals surface area (Å²) in [5.74, 6) is -2.25. The van der Waals surface area contributed by atoms with Gasteiger partial charge in [-0.05, 0) is 31.6 Å². The lowest BCUT2D eigenvalue weighted by molar-refractivity contribution is -0.184. The minimum absolute atomic E-state index is 0.0813. The molecule has 0 aromatic carbocycles. The van der Waals surface area contributed by atoms with Crippen LogP contribution in [0.25, 0.3) is 0 Å². The number of likely N-dealkylation sites (tertiary alicyclic amines) is 1. The van der Waals surface area contributed by atoms with Gasteiger partial charge in [0.1, 0.15) is 0 Å². The number of rotatable bonds is 2. The van der Waals surface area contributed by atoms with Crippen molar-refractivity contribution in [2.75, 3.05) is 13.1 Å².